The lowest BCUT2D eigenvalue weighted by Crippen LogP contribution is -2.25. The minimum absolute atomic E-state index is 0.227. The van der Waals surface area contributed by atoms with E-state index in [2.05, 4.69) is 50.0 Å². The highest BCUT2D eigenvalue weighted by Crippen LogP contribution is 2.14. The van der Waals surface area contributed by atoms with Crippen molar-refractivity contribution in [2.75, 3.05) is 29.0 Å². The van der Waals surface area contributed by atoms with Crippen molar-refractivity contribution in [2.24, 2.45) is 0 Å². The second kappa shape index (κ2) is 7.21. The number of anilines is 3. The van der Waals surface area contributed by atoms with Crippen molar-refractivity contribution in [1.29, 1.82) is 0 Å². The molecule has 0 spiro atoms. The second-order valence-electron chi connectivity index (χ2n) is 4.47. The zero-order valence-corrected chi connectivity index (χ0v) is 13.8. The van der Waals surface area contributed by atoms with Crippen molar-refractivity contribution in [3.63, 3.8) is 0 Å². The molecule has 21 heavy (non-hydrogen) atoms. The number of benzene rings is 1. The predicted molar refractivity (Wildman–Crippen MR) is 89.3 cm³/mol. The fourth-order valence-corrected chi connectivity index (χ4v) is 2.16. The van der Waals surface area contributed by atoms with Crippen molar-refractivity contribution in [3.05, 3.63) is 34.3 Å². The van der Waals surface area contributed by atoms with E-state index in [9.17, 15) is 0 Å². The topological polar surface area (TPSA) is 80.0 Å². The summed E-state index contributed by atoms with van der Waals surface area (Å²) in [6, 6.07) is 8.07. The van der Waals surface area contributed by atoms with Gasteiger partial charge in [0.2, 0.25) is 17.8 Å². The summed E-state index contributed by atoms with van der Waals surface area (Å²) in [5.74, 6) is 1.32. The molecule has 1 heterocycles. The van der Waals surface area contributed by atoms with E-state index >= 15 is 0 Å². The Balaban J connectivity index is 2.10. The van der Waals surface area contributed by atoms with Gasteiger partial charge in [0.25, 0.3) is 0 Å². The minimum atomic E-state index is 0.227. The monoisotopic (exact) mass is 350 g/mol. The maximum atomic E-state index is 5.76. The lowest BCUT2D eigenvalue weighted by atomic mass is 10.2. The smallest absolute Gasteiger partial charge is 0.231 e. The number of hydrogen-bond donors (Lipinski definition) is 2. The second-order valence-corrected chi connectivity index (χ2v) is 5.39. The molecule has 0 aliphatic carbocycles. The molecule has 0 aliphatic heterocycles. The maximum absolute atomic E-state index is 5.76. The molecule has 1 aromatic heterocycles. The zero-order chi connectivity index (χ0) is 15.2. The normalized spacial score (nSPS) is 10.4. The Kier molecular flexibility index (Phi) is 5.32. The molecule has 2 rings (SSSR count). The van der Waals surface area contributed by atoms with Crippen molar-refractivity contribution < 1.29 is 0 Å². The van der Waals surface area contributed by atoms with Crippen LogP contribution in [0.4, 0.5) is 17.8 Å². The summed E-state index contributed by atoms with van der Waals surface area (Å²) >= 11 is 3.42. The average Bonchev–Trinajstić information content (AvgIpc) is 2.47. The van der Waals surface area contributed by atoms with Gasteiger partial charge in [-0.15, -0.1) is 0 Å². The van der Waals surface area contributed by atoms with Crippen LogP contribution in [-0.2, 0) is 6.54 Å². The van der Waals surface area contributed by atoms with Gasteiger partial charge in [0.05, 0.1) is 0 Å². The van der Waals surface area contributed by atoms with Crippen molar-refractivity contribution in [2.45, 2.75) is 20.4 Å². The summed E-state index contributed by atoms with van der Waals surface area (Å²) in [5.41, 5.74) is 6.90. The first-order valence-corrected chi connectivity index (χ1v) is 7.66. The van der Waals surface area contributed by atoms with E-state index in [1.165, 1.54) is 0 Å². The molecular formula is C14H19BrN6. The van der Waals surface area contributed by atoms with Crippen LogP contribution in [0, 0.1) is 0 Å². The van der Waals surface area contributed by atoms with E-state index in [1.807, 2.05) is 29.2 Å². The van der Waals surface area contributed by atoms with Gasteiger partial charge in [0, 0.05) is 24.1 Å². The van der Waals surface area contributed by atoms with Gasteiger partial charge >= 0.3 is 0 Å². The average molecular weight is 351 g/mol. The third-order valence-corrected chi connectivity index (χ3v) is 3.58. The van der Waals surface area contributed by atoms with Gasteiger partial charge in [-0.3, -0.25) is 0 Å². The highest BCUT2D eigenvalue weighted by Gasteiger charge is 2.09. The zero-order valence-electron chi connectivity index (χ0n) is 12.2. The van der Waals surface area contributed by atoms with Crippen LogP contribution < -0.4 is 16.0 Å². The van der Waals surface area contributed by atoms with Crippen LogP contribution in [0.5, 0.6) is 0 Å². The van der Waals surface area contributed by atoms with E-state index in [4.69, 9.17) is 5.73 Å². The van der Waals surface area contributed by atoms with E-state index in [-0.39, 0.29) is 5.95 Å². The largest absolute Gasteiger partial charge is 0.368 e. The number of nitrogens with one attached hydrogen (secondary N) is 1. The van der Waals surface area contributed by atoms with Crippen LogP contribution in [-0.4, -0.2) is 28.0 Å². The molecule has 0 fully saturated rings. The van der Waals surface area contributed by atoms with Crippen molar-refractivity contribution in [1.82, 2.24) is 15.0 Å². The summed E-state index contributed by atoms with van der Waals surface area (Å²) in [4.78, 5) is 14.7. The van der Waals surface area contributed by atoms with Crippen molar-refractivity contribution >= 4 is 33.8 Å². The predicted octanol–water partition coefficient (Wildman–Crippen LogP) is 2.67. The van der Waals surface area contributed by atoms with Crippen LogP contribution in [0.2, 0.25) is 0 Å². The summed E-state index contributed by atoms with van der Waals surface area (Å²) in [6.45, 7) is 6.39. The van der Waals surface area contributed by atoms with Crippen molar-refractivity contribution in [3.8, 4) is 0 Å². The summed E-state index contributed by atoms with van der Waals surface area (Å²) in [5, 5.41) is 3.18. The Morgan fingerprint density at radius 2 is 1.76 bits per heavy atom. The van der Waals surface area contributed by atoms with Gasteiger partial charge in [0.15, 0.2) is 0 Å². The number of hydrogen-bond acceptors (Lipinski definition) is 6. The molecule has 1 aromatic carbocycles. The highest BCUT2D eigenvalue weighted by molar-refractivity contribution is 9.10. The standard InChI is InChI=1S/C14H19BrN6/c1-3-21(4-2)14-19-12(16)18-13(20-14)17-9-10-5-7-11(15)8-6-10/h5-8H,3-4,9H2,1-2H3,(H3,16,17,18,19,20). The number of nitrogens with zero attached hydrogens (tertiary/aromatic N) is 4. The van der Waals surface area contributed by atoms with E-state index in [0.717, 1.165) is 23.1 Å². The maximum Gasteiger partial charge on any atom is 0.231 e. The summed E-state index contributed by atoms with van der Waals surface area (Å²) in [6.07, 6.45) is 0. The Morgan fingerprint density at radius 1 is 1.10 bits per heavy atom. The first kappa shape index (κ1) is 15.5. The Morgan fingerprint density at radius 3 is 2.38 bits per heavy atom. The van der Waals surface area contributed by atoms with Gasteiger partial charge in [0.1, 0.15) is 0 Å². The number of nitrogen functional groups attached to an aromatic ring is 1. The van der Waals surface area contributed by atoms with Gasteiger partial charge < -0.3 is 16.0 Å². The van der Waals surface area contributed by atoms with Gasteiger partial charge in [-0.25, -0.2) is 0 Å². The van der Waals surface area contributed by atoms with Crippen LogP contribution in [0.25, 0.3) is 0 Å². The molecule has 0 atom stereocenters. The molecule has 0 saturated carbocycles. The van der Waals surface area contributed by atoms with Gasteiger partial charge in [-0.2, -0.15) is 15.0 Å². The molecular weight excluding hydrogens is 332 g/mol. The third kappa shape index (κ3) is 4.29. The number of halogens is 1. The molecule has 6 nitrogen and oxygen atoms in total. The summed E-state index contributed by atoms with van der Waals surface area (Å²) in [7, 11) is 0. The SMILES string of the molecule is CCN(CC)c1nc(N)nc(NCc2ccc(Br)cc2)n1. The fourth-order valence-electron chi connectivity index (χ4n) is 1.89. The molecule has 3 N–H and O–H groups in total. The van der Waals surface area contributed by atoms with Gasteiger partial charge in [-0.1, -0.05) is 28.1 Å². The minimum Gasteiger partial charge on any atom is -0.368 e. The Hall–Kier alpha value is -1.89. The lowest BCUT2D eigenvalue weighted by Gasteiger charge is -2.19. The first-order valence-electron chi connectivity index (χ1n) is 6.87. The van der Waals surface area contributed by atoms with Gasteiger partial charge in [-0.05, 0) is 31.5 Å². The van der Waals surface area contributed by atoms with Crippen LogP contribution in [0.15, 0.2) is 28.7 Å². The summed E-state index contributed by atoms with van der Waals surface area (Å²) < 4.78 is 1.06. The highest BCUT2D eigenvalue weighted by atomic mass is 79.9. The number of aromatic nitrogens is 3. The quantitative estimate of drug-likeness (QED) is 0.833. The number of nitrogens with two attached hydrogens (primary N) is 1. The molecule has 0 aliphatic rings. The van der Waals surface area contributed by atoms with E-state index < -0.39 is 0 Å². The Labute approximate surface area is 132 Å². The Bertz CT molecular complexity index is 583. The van der Waals surface area contributed by atoms with E-state index in [1.54, 1.807) is 0 Å². The molecule has 7 heteroatoms. The molecule has 0 unspecified atom stereocenters. The number of rotatable bonds is 6. The van der Waals surface area contributed by atoms with E-state index in [0.29, 0.717) is 18.4 Å². The molecule has 0 amide bonds. The fraction of sp³-hybridized carbons (Fsp3) is 0.357. The third-order valence-electron chi connectivity index (χ3n) is 3.05. The molecule has 2 aromatic rings. The van der Waals surface area contributed by atoms with Crippen LogP contribution in [0.3, 0.4) is 0 Å². The molecule has 0 saturated heterocycles. The molecule has 112 valence electrons. The van der Waals surface area contributed by atoms with Crippen LogP contribution >= 0.6 is 15.9 Å². The molecule has 0 radical (unpaired) electrons. The van der Waals surface area contributed by atoms with Crippen LogP contribution in [0.1, 0.15) is 19.4 Å². The lowest BCUT2D eigenvalue weighted by molar-refractivity contribution is 0.814. The first-order chi connectivity index (χ1) is 10.1. The molecule has 0 bridgehead atoms.